The zero-order valence-electron chi connectivity index (χ0n) is 8.38. The standard InChI is InChI=1S/C12H16BrN/c13-8-7-11-3-5-12(6-4-11)14-9-1-2-10-14/h3-6H,1-2,7-10H2. The van der Waals surface area contributed by atoms with Gasteiger partial charge in [-0.3, -0.25) is 0 Å². The highest BCUT2D eigenvalue weighted by Gasteiger charge is 2.11. The van der Waals surface area contributed by atoms with Gasteiger partial charge < -0.3 is 4.90 Å². The third kappa shape index (κ3) is 2.30. The zero-order chi connectivity index (χ0) is 9.80. The Morgan fingerprint density at radius 2 is 1.71 bits per heavy atom. The highest BCUT2D eigenvalue weighted by Crippen LogP contribution is 2.20. The predicted molar refractivity (Wildman–Crippen MR) is 65.4 cm³/mol. The number of hydrogen-bond acceptors (Lipinski definition) is 1. The molecule has 0 spiro atoms. The summed E-state index contributed by atoms with van der Waals surface area (Å²) in [4.78, 5) is 2.47. The van der Waals surface area contributed by atoms with Gasteiger partial charge in [-0.25, -0.2) is 0 Å². The van der Waals surface area contributed by atoms with E-state index in [2.05, 4.69) is 45.1 Å². The van der Waals surface area contributed by atoms with E-state index in [1.54, 1.807) is 0 Å². The Balaban J connectivity index is 2.05. The molecule has 0 bridgehead atoms. The highest BCUT2D eigenvalue weighted by atomic mass is 79.9. The van der Waals surface area contributed by atoms with E-state index in [4.69, 9.17) is 0 Å². The van der Waals surface area contributed by atoms with Crippen LogP contribution in [0.25, 0.3) is 0 Å². The van der Waals surface area contributed by atoms with Gasteiger partial charge in [-0.2, -0.15) is 0 Å². The van der Waals surface area contributed by atoms with Gasteiger partial charge in [0, 0.05) is 24.1 Å². The predicted octanol–water partition coefficient (Wildman–Crippen LogP) is 3.22. The number of aryl methyl sites for hydroxylation is 1. The lowest BCUT2D eigenvalue weighted by atomic mass is 10.1. The van der Waals surface area contributed by atoms with Crippen molar-refractivity contribution in [3.63, 3.8) is 0 Å². The van der Waals surface area contributed by atoms with Crippen LogP contribution in [-0.4, -0.2) is 18.4 Å². The molecule has 1 nitrogen and oxygen atoms in total. The summed E-state index contributed by atoms with van der Waals surface area (Å²) in [6.07, 6.45) is 3.83. The van der Waals surface area contributed by atoms with Crippen LogP contribution in [0.15, 0.2) is 24.3 Å². The van der Waals surface area contributed by atoms with Gasteiger partial charge in [-0.15, -0.1) is 0 Å². The number of hydrogen-bond donors (Lipinski definition) is 0. The molecular formula is C12H16BrN. The molecule has 76 valence electrons. The summed E-state index contributed by atoms with van der Waals surface area (Å²) in [7, 11) is 0. The molecule has 1 aliphatic rings. The summed E-state index contributed by atoms with van der Waals surface area (Å²) < 4.78 is 0. The Morgan fingerprint density at radius 3 is 2.29 bits per heavy atom. The average Bonchev–Trinajstić information content (AvgIpc) is 2.72. The van der Waals surface area contributed by atoms with E-state index >= 15 is 0 Å². The molecule has 0 unspecified atom stereocenters. The maximum atomic E-state index is 3.46. The second-order valence-corrected chi connectivity index (χ2v) is 4.59. The SMILES string of the molecule is BrCCc1ccc(N2CCCC2)cc1. The normalized spacial score (nSPS) is 16.2. The third-order valence-corrected chi connectivity index (χ3v) is 3.19. The Hall–Kier alpha value is -0.500. The molecule has 14 heavy (non-hydrogen) atoms. The van der Waals surface area contributed by atoms with Crippen molar-refractivity contribution in [1.29, 1.82) is 0 Å². The van der Waals surface area contributed by atoms with Gasteiger partial charge in [0.2, 0.25) is 0 Å². The summed E-state index contributed by atoms with van der Waals surface area (Å²) in [6, 6.07) is 9.00. The van der Waals surface area contributed by atoms with Crippen molar-refractivity contribution in [2.45, 2.75) is 19.3 Å². The van der Waals surface area contributed by atoms with Gasteiger partial charge >= 0.3 is 0 Å². The summed E-state index contributed by atoms with van der Waals surface area (Å²) in [6.45, 7) is 2.47. The van der Waals surface area contributed by atoms with Crippen molar-refractivity contribution in [2.24, 2.45) is 0 Å². The molecule has 0 N–H and O–H groups in total. The van der Waals surface area contributed by atoms with Crippen molar-refractivity contribution in [3.05, 3.63) is 29.8 Å². The molecule has 2 heteroatoms. The largest absolute Gasteiger partial charge is 0.372 e. The topological polar surface area (TPSA) is 3.24 Å². The van der Waals surface area contributed by atoms with Crippen LogP contribution < -0.4 is 4.90 Å². The third-order valence-electron chi connectivity index (χ3n) is 2.79. The molecule has 0 aliphatic carbocycles. The molecule has 1 aliphatic heterocycles. The van der Waals surface area contributed by atoms with Crippen LogP contribution >= 0.6 is 15.9 Å². The first-order valence-corrected chi connectivity index (χ1v) is 6.42. The minimum atomic E-state index is 1.05. The summed E-state index contributed by atoms with van der Waals surface area (Å²) in [5.41, 5.74) is 2.81. The first-order valence-electron chi connectivity index (χ1n) is 5.30. The van der Waals surface area contributed by atoms with E-state index in [1.165, 1.54) is 37.2 Å². The van der Waals surface area contributed by atoms with Crippen LogP contribution in [0.1, 0.15) is 18.4 Å². The van der Waals surface area contributed by atoms with Crippen molar-refractivity contribution in [1.82, 2.24) is 0 Å². The number of nitrogens with zero attached hydrogens (tertiary/aromatic N) is 1. The summed E-state index contributed by atoms with van der Waals surface area (Å²) in [5, 5.41) is 1.05. The average molecular weight is 254 g/mol. The second-order valence-electron chi connectivity index (χ2n) is 3.80. The molecule has 0 amide bonds. The first-order chi connectivity index (χ1) is 6.90. The number of anilines is 1. The number of halogens is 1. The smallest absolute Gasteiger partial charge is 0.0366 e. The van der Waals surface area contributed by atoms with Gasteiger partial charge in [-0.05, 0) is 37.0 Å². The van der Waals surface area contributed by atoms with E-state index < -0.39 is 0 Å². The summed E-state index contributed by atoms with van der Waals surface area (Å²) >= 11 is 3.46. The number of benzene rings is 1. The number of rotatable bonds is 3. The van der Waals surface area contributed by atoms with Gasteiger partial charge in [0.1, 0.15) is 0 Å². The Bertz CT molecular complexity index is 275. The minimum absolute atomic E-state index is 1.05. The molecule has 0 atom stereocenters. The lowest BCUT2D eigenvalue weighted by Crippen LogP contribution is -2.17. The van der Waals surface area contributed by atoms with E-state index in [1.807, 2.05) is 0 Å². The molecule has 1 saturated heterocycles. The lowest BCUT2D eigenvalue weighted by Gasteiger charge is -2.17. The van der Waals surface area contributed by atoms with Crippen molar-refractivity contribution >= 4 is 21.6 Å². The van der Waals surface area contributed by atoms with Gasteiger partial charge in [0.15, 0.2) is 0 Å². The Morgan fingerprint density at radius 1 is 1.07 bits per heavy atom. The van der Waals surface area contributed by atoms with Crippen molar-refractivity contribution in [3.8, 4) is 0 Å². The van der Waals surface area contributed by atoms with Crippen LogP contribution in [0.4, 0.5) is 5.69 Å². The minimum Gasteiger partial charge on any atom is -0.372 e. The summed E-state index contributed by atoms with van der Waals surface area (Å²) in [5.74, 6) is 0. The Kier molecular flexibility index (Phi) is 3.46. The van der Waals surface area contributed by atoms with E-state index in [9.17, 15) is 0 Å². The Labute approximate surface area is 94.2 Å². The molecule has 1 aromatic rings. The molecule has 1 aromatic carbocycles. The fourth-order valence-electron chi connectivity index (χ4n) is 1.96. The van der Waals surface area contributed by atoms with E-state index in [-0.39, 0.29) is 0 Å². The van der Waals surface area contributed by atoms with E-state index in [0.717, 1.165) is 11.8 Å². The van der Waals surface area contributed by atoms with Crippen LogP contribution in [-0.2, 0) is 6.42 Å². The van der Waals surface area contributed by atoms with Gasteiger partial charge in [0.25, 0.3) is 0 Å². The van der Waals surface area contributed by atoms with Gasteiger partial charge in [-0.1, -0.05) is 28.1 Å². The zero-order valence-corrected chi connectivity index (χ0v) is 9.96. The maximum Gasteiger partial charge on any atom is 0.0366 e. The van der Waals surface area contributed by atoms with Crippen molar-refractivity contribution < 1.29 is 0 Å². The number of alkyl halides is 1. The van der Waals surface area contributed by atoms with Crippen molar-refractivity contribution in [2.75, 3.05) is 23.3 Å². The van der Waals surface area contributed by atoms with Crippen LogP contribution in [0, 0.1) is 0 Å². The van der Waals surface area contributed by atoms with Gasteiger partial charge in [0.05, 0.1) is 0 Å². The van der Waals surface area contributed by atoms with Crippen LogP contribution in [0.2, 0.25) is 0 Å². The van der Waals surface area contributed by atoms with E-state index in [0.29, 0.717) is 0 Å². The maximum absolute atomic E-state index is 3.46. The molecule has 0 saturated carbocycles. The lowest BCUT2D eigenvalue weighted by molar-refractivity contribution is 0.949. The second kappa shape index (κ2) is 4.83. The fraction of sp³-hybridized carbons (Fsp3) is 0.500. The molecule has 1 fully saturated rings. The molecule has 0 radical (unpaired) electrons. The highest BCUT2D eigenvalue weighted by molar-refractivity contribution is 9.09. The monoisotopic (exact) mass is 253 g/mol. The fourth-order valence-corrected chi connectivity index (χ4v) is 2.42. The van der Waals surface area contributed by atoms with Crippen LogP contribution in [0.5, 0.6) is 0 Å². The first kappa shape index (κ1) is 10.0. The molecular weight excluding hydrogens is 238 g/mol. The molecule has 2 rings (SSSR count). The quantitative estimate of drug-likeness (QED) is 0.748. The molecule has 1 heterocycles. The molecule has 0 aromatic heterocycles. The van der Waals surface area contributed by atoms with Crippen LogP contribution in [0.3, 0.4) is 0 Å².